The molecule has 0 aromatic heterocycles. The van der Waals surface area contributed by atoms with E-state index >= 15 is 0 Å². The highest BCUT2D eigenvalue weighted by molar-refractivity contribution is 7.84. The predicted octanol–water partition coefficient (Wildman–Crippen LogP) is 1.15. The van der Waals surface area contributed by atoms with E-state index < -0.39 is 10.3 Å². The molecule has 84 valence electrons. The Kier molecular flexibility index (Phi) is 4.26. The molecule has 0 atom stereocenters. The molecule has 0 fully saturated rings. The molecule has 0 heterocycles. The number of rotatable bonds is 5. The zero-order valence-electron chi connectivity index (χ0n) is 8.64. The minimum atomic E-state index is -3.79. The second-order valence-corrected chi connectivity index (χ2v) is 4.57. The third kappa shape index (κ3) is 4.92. The van der Waals surface area contributed by atoms with Crippen LogP contribution >= 0.6 is 0 Å². The number of aryl methyl sites for hydroxylation is 2. The van der Waals surface area contributed by atoms with Gasteiger partial charge in [0.05, 0.1) is 6.61 Å². The van der Waals surface area contributed by atoms with Crippen LogP contribution in [0, 0.1) is 6.92 Å². The van der Waals surface area contributed by atoms with E-state index in [0.717, 1.165) is 6.42 Å². The van der Waals surface area contributed by atoms with Crippen molar-refractivity contribution in [2.75, 3.05) is 6.61 Å². The van der Waals surface area contributed by atoms with E-state index in [-0.39, 0.29) is 6.61 Å². The molecule has 5 heteroatoms. The van der Waals surface area contributed by atoms with Crippen LogP contribution in [0.1, 0.15) is 17.5 Å². The first-order valence-corrected chi connectivity index (χ1v) is 6.18. The van der Waals surface area contributed by atoms with Gasteiger partial charge in [-0.15, -0.1) is 0 Å². The Bertz CT molecular complexity index is 414. The Hall–Kier alpha value is -0.910. The van der Waals surface area contributed by atoms with Crippen molar-refractivity contribution in [3.63, 3.8) is 0 Å². The number of benzene rings is 1. The summed E-state index contributed by atoms with van der Waals surface area (Å²) in [6, 6.07) is 7.98. The van der Waals surface area contributed by atoms with Gasteiger partial charge in [-0.2, -0.15) is 8.42 Å². The molecule has 2 N–H and O–H groups in total. The SMILES string of the molecule is Cc1ccccc1CCCOS(N)(=O)=O. The van der Waals surface area contributed by atoms with Crippen molar-refractivity contribution in [2.24, 2.45) is 5.14 Å². The maximum Gasteiger partial charge on any atom is 0.333 e. The molecular formula is C10H15NO3S. The highest BCUT2D eigenvalue weighted by atomic mass is 32.2. The van der Waals surface area contributed by atoms with E-state index in [1.807, 2.05) is 31.2 Å². The van der Waals surface area contributed by atoms with Crippen LogP contribution in [0.2, 0.25) is 0 Å². The third-order valence-corrected chi connectivity index (χ3v) is 2.59. The van der Waals surface area contributed by atoms with E-state index in [9.17, 15) is 8.42 Å². The predicted molar refractivity (Wildman–Crippen MR) is 58.6 cm³/mol. The van der Waals surface area contributed by atoms with E-state index in [4.69, 9.17) is 5.14 Å². The second kappa shape index (κ2) is 5.25. The first kappa shape index (κ1) is 12.2. The van der Waals surface area contributed by atoms with Crippen molar-refractivity contribution in [3.05, 3.63) is 35.4 Å². The minimum absolute atomic E-state index is 0.132. The Morgan fingerprint density at radius 1 is 1.33 bits per heavy atom. The summed E-state index contributed by atoms with van der Waals surface area (Å²) in [5, 5.41) is 4.69. The van der Waals surface area contributed by atoms with Gasteiger partial charge in [-0.25, -0.2) is 5.14 Å². The lowest BCUT2D eigenvalue weighted by Crippen LogP contribution is -2.16. The van der Waals surface area contributed by atoms with Crippen molar-refractivity contribution in [2.45, 2.75) is 19.8 Å². The van der Waals surface area contributed by atoms with Gasteiger partial charge in [0, 0.05) is 0 Å². The van der Waals surface area contributed by atoms with Crippen molar-refractivity contribution >= 4 is 10.3 Å². The monoisotopic (exact) mass is 229 g/mol. The zero-order chi connectivity index (χ0) is 11.3. The van der Waals surface area contributed by atoms with Crippen molar-refractivity contribution < 1.29 is 12.6 Å². The lowest BCUT2D eigenvalue weighted by atomic mass is 10.0. The molecule has 0 aliphatic rings. The molecule has 0 amide bonds. The first-order chi connectivity index (χ1) is 6.99. The molecule has 1 aromatic rings. The Labute approximate surface area is 90.3 Å². The van der Waals surface area contributed by atoms with Crippen LogP contribution in [0.4, 0.5) is 0 Å². The van der Waals surface area contributed by atoms with Gasteiger partial charge in [0.15, 0.2) is 0 Å². The quantitative estimate of drug-likeness (QED) is 0.770. The third-order valence-electron chi connectivity index (χ3n) is 2.10. The highest BCUT2D eigenvalue weighted by Gasteiger charge is 2.02. The Morgan fingerprint density at radius 2 is 2.00 bits per heavy atom. The molecule has 0 unspecified atom stereocenters. The second-order valence-electron chi connectivity index (χ2n) is 3.34. The van der Waals surface area contributed by atoms with Gasteiger partial charge < -0.3 is 0 Å². The van der Waals surface area contributed by atoms with Gasteiger partial charge in [-0.05, 0) is 30.9 Å². The van der Waals surface area contributed by atoms with Crippen LogP contribution in [0.25, 0.3) is 0 Å². The van der Waals surface area contributed by atoms with Gasteiger partial charge in [-0.3, -0.25) is 4.18 Å². The molecular weight excluding hydrogens is 214 g/mol. The van der Waals surface area contributed by atoms with Gasteiger partial charge in [-0.1, -0.05) is 24.3 Å². The van der Waals surface area contributed by atoms with Gasteiger partial charge in [0.25, 0.3) is 0 Å². The lowest BCUT2D eigenvalue weighted by molar-refractivity contribution is 0.313. The number of hydrogen-bond acceptors (Lipinski definition) is 3. The van der Waals surface area contributed by atoms with E-state index in [1.165, 1.54) is 11.1 Å². The molecule has 0 saturated carbocycles. The molecule has 1 aromatic carbocycles. The molecule has 0 bridgehead atoms. The minimum Gasteiger partial charge on any atom is -0.258 e. The maximum atomic E-state index is 10.5. The summed E-state index contributed by atoms with van der Waals surface area (Å²) < 4.78 is 25.4. The Morgan fingerprint density at radius 3 is 2.60 bits per heavy atom. The van der Waals surface area contributed by atoms with Gasteiger partial charge in [0.2, 0.25) is 0 Å². The summed E-state index contributed by atoms with van der Waals surface area (Å²) >= 11 is 0. The van der Waals surface area contributed by atoms with E-state index in [0.29, 0.717) is 6.42 Å². The summed E-state index contributed by atoms with van der Waals surface area (Å²) in [5.41, 5.74) is 2.41. The molecule has 0 saturated heterocycles. The highest BCUT2D eigenvalue weighted by Crippen LogP contribution is 2.09. The van der Waals surface area contributed by atoms with Crippen LogP contribution in [0.15, 0.2) is 24.3 Å². The van der Waals surface area contributed by atoms with Crippen LogP contribution < -0.4 is 5.14 Å². The van der Waals surface area contributed by atoms with Crippen molar-refractivity contribution in [3.8, 4) is 0 Å². The van der Waals surface area contributed by atoms with Crippen molar-refractivity contribution in [1.82, 2.24) is 0 Å². The molecule has 4 nitrogen and oxygen atoms in total. The molecule has 0 aliphatic heterocycles. The fourth-order valence-electron chi connectivity index (χ4n) is 1.33. The molecule has 0 radical (unpaired) electrons. The molecule has 0 spiro atoms. The van der Waals surface area contributed by atoms with Crippen LogP contribution in [-0.2, 0) is 20.9 Å². The van der Waals surface area contributed by atoms with Crippen LogP contribution in [0.5, 0.6) is 0 Å². The fourth-order valence-corrected chi connectivity index (χ4v) is 1.68. The molecule has 1 rings (SSSR count). The topological polar surface area (TPSA) is 69.4 Å². The van der Waals surface area contributed by atoms with E-state index in [2.05, 4.69) is 4.18 Å². The largest absolute Gasteiger partial charge is 0.333 e. The summed E-state index contributed by atoms with van der Waals surface area (Å²) in [6.45, 7) is 2.16. The van der Waals surface area contributed by atoms with Crippen LogP contribution in [-0.4, -0.2) is 15.0 Å². The number of hydrogen-bond donors (Lipinski definition) is 1. The average molecular weight is 229 g/mol. The smallest absolute Gasteiger partial charge is 0.258 e. The molecule has 0 aliphatic carbocycles. The standard InChI is InChI=1S/C10H15NO3S/c1-9-5-2-3-6-10(9)7-4-8-14-15(11,12)13/h2-3,5-6H,4,7-8H2,1H3,(H2,11,12,13). The summed E-state index contributed by atoms with van der Waals surface area (Å²) in [4.78, 5) is 0. The summed E-state index contributed by atoms with van der Waals surface area (Å²) in [6.07, 6.45) is 1.43. The number of nitrogens with two attached hydrogens (primary N) is 1. The van der Waals surface area contributed by atoms with Gasteiger partial charge in [0.1, 0.15) is 0 Å². The Balaban J connectivity index is 2.36. The zero-order valence-corrected chi connectivity index (χ0v) is 9.46. The summed E-state index contributed by atoms with van der Waals surface area (Å²) in [5.74, 6) is 0. The van der Waals surface area contributed by atoms with E-state index in [1.54, 1.807) is 0 Å². The fraction of sp³-hybridized carbons (Fsp3) is 0.400. The average Bonchev–Trinajstić information content (AvgIpc) is 2.13. The first-order valence-electron chi connectivity index (χ1n) is 4.71. The van der Waals surface area contributed by atoms with Crippen molar-refractivity contribution in [1.29, 1.82) is 0 Å². The van der Waals surface area contributed by atoms with Gasteiger partial charge >= 0.3 is 10.3 Å². The molecule has 15 heavy (non-hydrogen) atoms. The maximum absolute atomic E-state index is 10.5. The summed E-state index contributed by atoms with van der Waals surface area (Å²) in [7, 11) is -3.79. The van der Waals surface area contributed by atoms with Crippen LogP contribution in [0.3, 0.4) is 0 Å². The lowest BCUT2D eigenvalue weighted by Gasteiger charge is -2.04. The normalized spacial score (nSPS) is 11.6.